The molecule has 0 aliphatic heterocycles. The molecule has 0 saturated carbocycles. The van der Waals surface area contributed by atoms with Gasteiger partial charge < -0.3 is 5.32 Å². The highest BCUT2D eigenvalue weighted by atomic mass is 14.9. The van der Waals surface area contributed by atoms with Crippen molar-refractivity contribution in [3.63, 3.8) is 0 Å². The summed E-state index contributed by atoms with van der Waals surface area (Å²) in [5.74, 6) is 0.840. The molecule has 0 amide bonds. The van der Waals surface area contributed by atoms with Gasteiger partial charge in [0.2, 0.25) is 0 Å². The van der Waals surface area contributed by atoms with Gasteiger partial charge in [-0.15, -0.1) is 0 Å². The number of hydrogen-bond acceptors (Lipinski definition) is 1. The summed E-state index contributed by atoms with van der Waals surface area (Å²) < 4.78 is 0. The second kappa shape index (κ2) is 11.4. The third-order valence-electron chi connectivity index (χ3n) is 4.76. The van der Waals surface area contributed by atoms with E-state index in [0.717, 1.165) is 5.92 Å². The average molecular weight is 280 g/mol. The fourth-order valence-electron chi connectivity index (χ4n) is 3.47. The van der Waals surface area contributed by atoms with Crippen LogP contribution in [0.3, 0.4) is 0 Å². The minimum atomic E-state index is 0.657. The Morgan fingerprint density at radius 2 is 1.85 bits per heavy atom. The first kappa shape index (κ1) is 17.8. The fraction of sp³-hybridized carbons (Fsp3) is 0.895. The van der Waals surface area contributed by atoms with Crippen LogP contribution in [0.1, 0.15) is 91.4 Å². The Morgan fingerprint density at radius 1 is 1.05 bits per heavy atom. The minimum absolute atomic E-state index is 0.657. The highest BCUT2D eigenvalue weighted by Gasteiger charge is 2.22. The van der Waals surface area contributed by atoms with Crippen LogP contribution in [-0.4, -0.2) is 12.6 Å². The van der Waals surface area contributed by atoms with Crippen molar-refractivity contribution in [1.82, 2.24) is 5.32 Å². The van der Waals surface area contributed by atoms with Gasteiger partial charge in [0, 0.05) is 6.04 Å². The molecule has 1 heteroatoms. The molecule has 1 aliphatic carbocycles. The molecule has 1 N–H and O–H groups in total. The predicted octanol–water partition coefficient (Wildman–Crippen LogP) is 5.85. The van der Waals surface area contributed by atoms with E-state index in [1.807, 2.05) is 0 Å². The van der Waals surface area contributed by atoms with Gasteiger partial charge in [-0.25, -0.2) is 0 Å². The Morgan fingerprint density at radius 3 is 2.55 bits per heavy atom. The molecule has 0 aromatic carbocycles. The van der Waals surface area contributed by atoms with Crippen molar-refractivity contribution in [3.8, 4) is 0 Å². The molecule has 118 valence electrons. The molecule has 0 fully saturated rings. The first-order valence-corrected chi connectivity index (χ1v) is 9.25. The van der Waals surface area contributed by atoms with Crippen molar-refractivity contribution in [3.05, 3.63) is 11.6 Å². The summed E-state index contributed by atoms with van der Waals surface area (Å²) in [4.78, 5) is 0. The second-order valence-electron chi connectivity index (χ2n) is 6.47. The maximum absolute atomic E-state index is 3.88. The molecular formula is C19H37N. The van der Waals surface area contributed by atoms with Crippen molar-refractivity contribution in [2.75, 3.05) is 6.54 Å². The van der Waals surface area contributed by atoms with Crippen molar-refractivity contribution in [2.24, 2.45) is 5.92 Å². The molecule has 0 saturated heterocycles. The zero-order valence-corrected chi connectivity index (χ0v) is 14.2. The molecule has 0 radical (unpaired) electrons. The van der Waals surface area contributed by atoms with Crippen LogP contribution < -0.4 is 5.32 Å². The van der Waals surface area contributed by atoms with Crippen molar-refractivity contribution >= 4 is 0 Å². The number of hydrogen-bond donors (Lipinski definition) is 1. The van der Waals surface area contributed by atoms with Crippen molar-refractivity contribution < 1.29 is 0 Å². The summed E-state index contributed by atoms with van der Waals surface area (Å²) in [7, 11) is 0. The first-order valence-electron chi connectivity index (χ1n) is 9.25. The topological polar surface area (TPSA) is 12.0 Å². The standard InChI is InChI=1S/C19H37N/c1-4-7-13-17(6-3)19(20-16-5-2)18-14-11-9-8-10-12-15-18/h14,17,19-20H,4-13,15-16H2,1-3H3. The van der Waals surface area contributed by atoms with Gasteiger partial charge in [0.15, 0.2) is 0 Å². The monoisotopic (exact) mass is 279 g/mol. The van der Waals surface area contributed by atoms with Gasteiger partial charge in [0.25, 0.3) is 0 Å². The number of nitrogens with one attached hydrogen (secondary N) is 1. The molecule has 0 aromatic rings. The number of rotatable bonds is 9. The van der Waals surface area contributed by atoms with Crippen LogP contribution >= 0.6 is 0 Å². The number of allylic oxidation sites excluding steroid dienone is 1. The van der Waals surface area contributed by atoms with Gasteiger partial charge in [-0.2, -0.15) is 0 Å². The smallest absolute Gasteiger partial charge is 0.0307 e. The summed E-state index contributed by atoms with van der Waals surface area (Å²) in [6.07, 6.45) is 17.6. The van der Waals surface area contributed by atoms with Gasteiger partial charge in [-0.05, 0) is 51.0 Å². The average Bonchev–Trinajstić information content (AvgIpc) is 2.43. The van der Waals surface area contributed by atoms with E-state index in [9.17, 15) is 0 Å². The van der Waals surface area contributed by atoms with Crippen LogP contribution in [0, 0.1) is 5.92 Å². The normalized spacial score (nSPS) is 19.9. The Labute approximate surface area is 127 Å². The highest BCUT2D eigenvalue weighted by Crippen LogP contribution is 2.27. The van der Waals surface area contributed by atoms with E-state index in [1.165, 1.54) is 77.2 Å². The largest absolute Gasteiger partial charge is 0.310 e. The highest BCUT2D eigenvalue weighted by molar-refractivity contribution is 5.13. The summed E-state index contributed by atoms with van der Waals surface area (Å²) in [6, 6.07) is 0.657. The molecule has 1 rings (SSSR count). The zero-order valence-electron chi connectivity index (χ0n) is 14.2. The van der Waals surface area contributed by atoms with Crippen LogP contribution in [0.4, 0.5) is 0 Å². The van der Waals surface area contributed by atoms with E-state index in [0.29, 0.717) is 6.04 Å². The molecule has 2 unspecified atom stereocenters. The van der Waals surface area contributed by atoms with E-state index >= 15 is 0 Å². The van der Waals surface area contributed by atoms with E-state index < -0.39 is 0 Å². The Balaban J connectivity index is 2.72. The van der Waals surface area contributed by atoms with Gasteiger partial charge in [0.1, 0.15) is 0 Å². The second-order valence-corrected chi connectivity index (χ2v) is 6.47. The summed E-state index contributed by atoms with van der Waals surface area (Å²) in [6.45, 7) is 8.15. The lowest BCUT2D eigenvalue weighted by Gasteiger charge is -2.31. The lowest BCUT2D eigenvalue weighted by molar-refractivity contribution is 0.341. The molecule has 0 aromatic heterocycles. The molecule has 0 heterocycles. The maximum Gasteiger partial charge on any atom is 0.0307 e. The summed E-state index contributed by atoms with van der Waals surface area (Å²) in [5.41, 5.74) is 1.74. The van der Waals surface area contributed by atoms with Crippen LogP contribution in [0.5, 0.6) is 0 Å². The fourth-order valence-corrected chi connectivity index (χ4v) is 3.47. The Kier molecular flexibility index (Phi) is 10.1. The zero-order chi connectivity index (χ0) is 14.6. The third-order valence-corrected chi connectivity index (χ3v) is 4.76. The Hall–Kier alpha value is -0.300. The molecule has 20 heavy (non-hydrogen) atoms. The molecular weight excluding hydrogens is 242 g/mol. The lowest BCUT2D eigenvalue weighted by atomic mass is 9.83. The minimum Gasteiger partial charge on any atom is -0.310 e. The first-order chi connectivity index (χ1) is 9.83. The van der Waals surface area contributed by atoms with Gasteiger partial charge in [-0.1, -0.05) is 64.5 Å². The lowest BCUT2D eigenvalue weighted by Crippen LogP contribution is -2.38. The van der Waals surface area contributed by atoms with Crippen LogP contribution in [0.2, 0.25) is 0 Å². The summed E-state index contributed by atoms with van der Waals surface area (Å²) >= 11 is 0. The van der Waals surface area contributed by atoms with Crippen LogP contribution in [-0.2, 0) is 0 Å². The van der Waals surface area contributed by atoms with Crippen molar-refractivity contribution in [1.29, 1.82) is 0 Å². The quantitative estimate of drug-likeness (QED) is 0.522. The maximum atomic E-state index is 3.88. The Bertz CT molecular complexity index is 256. The van der Waals surface area contributed by atoms with Gasteiger partial charge in [-0.3, -0.25) is 0 Å². The van der Waals surface area contributed by atoms with Crippen molar-refractivity contribution in [2.45, 2.75) is 97.4 Å². The van der Waals surface area contributed by atoms with Crippen LogP contribution in [0.15, 0.2) is 11.6 Å². The molecule has 2 atom stereocenters. The predicted molar refractivity (Wildman–Crippen MR) is 91.2 cm³/mol. The van der Waals surface area contributed by atoms with Gasteiger partial charge in [0.05, 0.1) is 0 Å². The summed E-state index contributed by atoms with van der Waals surface area (Å²) in [5, 5.41) is 3.88. The SMILES string of the molecule is CCCCC(CC)C(NCCC)C1=CCCCCCC1. The van der Waals surface area contributed by atoms with E-state index in [-0.39, 0.29) is 0 Å². The van der Waals surface area contributed by atoms with E-state index in [2.05, 4.69) is 32.2 Å². The third kappa shape index (κ3) is 6.43. The van der Waals surface area contributed by atoms with E-state index in [4.69, 9.17) is 0 Å². The van der Waals surface area contributed by atoms with E-state index in [1.54, 1.807) is 5.57 Å². The number of unbranched alkanes of at least 4 members (excludes halogenated alkanes) is 1. The van der Waals surface area contributed by atoms with Gasteiger partial charge >= 0.3 is 0 Å². The molecule has 1 aliphatic rings. The molecule has 0 bridgehead atoms. The van der Waals surface area contributed by atoms with Crippen LogP contribution in [0.25, 0.3) is 0 Å². The molecule has 0 spiro atoms. The molecule has 1 nitrogen and oxygen atoms in total.